The van der Waals surface area contributed by atoms with Crippen LogP contribution in [0, 0.1) is 0 Å². The second-order valence-corrected chi connectivity index (χ2v) is 16.6. The number of nitrogens with zero attached hydrogens (tertiary/aromatic N) is 4. The Morgan fingerprint density at radius 2 is 1.00 bits per heavy atom. The van der Waals surface area contributed by atoms with Crippen molar-refractivity contribution in [2.75, 3.05) is 0 Å². The SMILES string of the molecule is C=C(/C=C\N=C(N)n1c2ccccc2c2cc(-c3ccc4c(c3)c3ccccc3n4-c3ccccc3)ccc21)c1ccc(-c2ccc3c(c2)c2c(n3-c3ccccc3)CCC=C2)cc1. The highest BCUT2D eigenvalue weighted by Crippen LogP contribution is 2.39. The Balaban J connectivity index is 0.826. The molecule has 8 aromatic carbocycles. The first-order valence-electron chi connectivity index (χ1n) is 21.9. The summed E-state index contributed by atoms with van der Waals surface area (Å²) in [6.07, 6.45) is 10.4. The minimum atomic E-state index is 0.391. The van der Waals surface area contributed by atoms with E-state index in [4.69, 9.17) is 10.7 Å². The van der Waals surface area contributed by atoms with Crippen LogP contribution < -0.4 is 5.73 Å². The molecule has 304 valence electrons. The molecule has 0 bridgehead atoms. The zero-order valence-electron chi connectivity index (χ0n) is 35.2. The lowest BCUT2D eigenvalue weighted by Crippen LogP contribution is -2.21. The van der Waals surface area contributed by atoms with Crippen molar-refractivity contribution in [3.63, 3.8) is 0 Å². The molecular formula is C59H43N5. The Hall–Kier alpha value is -8.41. The molecule has 3 heterocycles. The summed E-state index contributed by atoms with van der Waals surface area (Å²) in [5, 5.41) is 5.98. The number of para-hydroxylation sites is 4. The van der Waals surface area contributed by atoms with Crippen molar-refractivity contribution >= 4 is 72.1 Å². The van der Waals surface area contributed by atoms with Crippen molar-refractivity contribution in [1.29, 1.82) is 0 Å². The number of hydrogen-bond acceptors (Lipinski definition) is 1. The van der Waals surface area contributed by atoms with Crippen LogP contribution in [-0.4, -0.2) is 19.7 Å². The topological polar surface area (TPSA) is 53.2 Å². The van der Waals surface area contributed by atoms with Crippen LogP contribution in [0.4, 0.5) is 0 Å². The number of nitrogens with two attached hydrogens (primary N) is 1. The zero-order chi connectivity index (χ0) is 42.7. The fraction of sp³-hybridized carbons (Fsp3) is 0.0339. The summed E-state index contributed by atoms with van der Waals surface area (Å²) in [5.74, 6) is 0.391. The van der Waals surface area contributed by atoms with Crippen molar-refractivity contribution in [2.24, 2.45) is 10.7 Å². The summed E-state index contributed by atoms with van der Waals surface area (Å²) in [6.45, 7) is 4.38. The number of rotatable bonds is 7. The van der Waals surface area contributed by atoms with Crippen molar-refractivity contribution in [1.82, 2.24) is 13.7 Å². The maximum atomic E-state index is 6.84. The number of hydrogen-bond donors (Lipinski definition) is 1. The van der Waals surface area contributed by atoms with Crippen LogP contribution in [-0.2, 0) is 6.42 Å². The monoisotopic (exact) mass is 821 g/mol. The smallest absolute Gasteiger partial charge is 0.205 e. The summed E-state index contributed by atoms with van der Waals surface area (Å²) in [7, 11) is 0. The molecule has 11 aromatic rings. The number of benzene rings is 8. The fourth-order valence-corrected chi connectivity index (χ4v) is 9.91. The quantitative estimate of drug-likeness (QED) is 0.0972. The van der Waals surface area contributed by atoms with Gasteiger partial charge in [0.15, 0.2) is 0 Å². The highest BCUT2D eigenvalue weighted by Gasteiger charge is 2.20. The van der Waals surface area contributed by atoms with Gasteiger partial charge in [0, 0.05) is 55.8 Å². The van der Waals surface area contributed by atoms with Gasteiger partial charge in [-0.2, -0.15) is 0 Å². The maximum Gasteiger partial charge on any atom is 0.205 e. The van der Waals surface area contributed by atoms with Crippen LogP contribution in [0.1, 0.15) is 23.2 Å². The molecule has 64 heavy (non-hydrogen) atoms. The van der Waals surface area contributed by atoms with Crippen LogP contribution in [0.2, 0.25) is 0 Å². The fourth-order valence-electron chi connectivity index (χ4n) is 9.91. The molecule has 0 fully saturated rings. The number of aliphatic imine (C=N–C) groups is 1. The van der Waals surface area contributed by atoms with Gasteiger partial charge in [0.05, 0.1) is 27.6 Å². The minimum absolute atomic E-state index is 0.391. The molecule has 5 heteroatoms. The van der Waals surface area contributed by atoms with E-state index >= 15 is 0 Å². The van der Waals surface area contributed by atoms with E-state index in [9.17, 15) is 0 Å². The summed E-state index contributed by atoms with van der Waals surface area (Å²) in [5.41, 5.74) is 24.1. The van der Waals surface area contributed by atoms with Gasteiger partial charge in [-0.15, -0.1) is 0 Å². The summed E-state index contributed by atoms with van der Waals surface area (Å²) in [4.78, 5) is 4.76. The van der Waals surface area contributed by atoms with Gasteiger partial charge in [0.2, 0.25) is 5.96 Å². The third kappa shape index (κ3) is 6.12. The number of fused-ring (bicyclic) bond motifs is 9. The van der Waals surface area contributed by atoms with E-state index in [0.717, 1.165) is 68.2 Å². The highest BCUT2D eigenvalue weighted by molar-refractivity contribution is 6.15. The lowest BCUT2D eigenvalue weighted by atomic mass is 9.97. The van der Waals surface area contributed by atoms with Crippen LogP contribution in [0.3, 0.4) is 0 Å². The first kappa shape index (κ1) is 37.4. The Bertz CT molecular complexity index is 3720. The second-order valence-electron chi connectivity index (χ2n) is 16.6. The molecule has 1 aliphatic carbocycles. The second kappa shape index (κ2) is 15.2. The van der Waals surface area contributed by atoms with Gasteiger partial charge in [-0.05, 0) is 125 Å². The Labute approximate surface area is 371 Å². The van der Waals surface area contributed by atoms with Crippen LogP contribution in [0.5, 0.6) is 0 Å². The average Bonchev–Trinajstić information content (AvgIpc) is 3.99. The van der Waals surface area contributed by atoms with Crippen molar-refractivity contribution in [2.45, 2.75) is 12.8 Å². The molecule has 3 aromatic heterocycles. The lowest BCUT2D eigenvalue weighted by Gasteiger charge is -2.13. The van der Waals surface area contributed by atoms with Crippen molar-refractivity contribution in [3.05, 3.63) is 230 Å². The van der Waals surface area contributed by atoms with Gasteiger partial charge in [-0.25, -0.2) is 4.99 Å². The van der Waals surface area contributed by atoms with E-state index < -0.39 is 0 Å². The molecule has 0 saturated heterocycles. The van der Waals surface area contributed by atoms with Crippen LogP contribution in [0.15, 0.2) is 218 Å². The molecule has 5 nitrogen and oxygen atoms in total. The largest absolute Gasteiger partial charge is 0.369 e. The molecule has 2 N–H and O–H groups in total. The molecule has 12 rings (SSSR count). The molecule has 0 radical (unpaired) electrons. The van der Waals surface area contributed by atoms with Gasteiger partial charge < -0.3 is 14.9 Å². The van der Waals surface area contributed by atoms with E-state index in [2.05, 4.69) is 210 Å². The molecule has 0 unspecified atom stereocenters. The summed E-state index contributed by atoms with van der Waals surface area (Å²) < 4.78 is 6.83. The first-order chi connectivity index (χ1) is 31.6. The van der Waals surface area contributed by atoms with Crippen molar-refractivity contribution in [3.8, 4) is 33.6 Å². The number of aromatic nitrogens is 3. The van der Waals surface area contributed by atoms with Gasteiger partial charge in [0.25, 0.3) is 0 Å². The molecule has 0 saturated carbocycles. The van der Waals surface area contributed by atoms with E-state index in [-0.39, 0.29) is 0 Å². The molecule has 0 spiro atoms. The Kier molecular flexibility index (Phi) is 8.87. The van der Waals surface area contributed by atoms with Gasteiger partial charge in [-0.1, -0.05) is 134 Å². The highest BCUT2D eigenvalue weighted by atomic mass is 15.1. The van der Waals surface area contributed by atoms with Crippen LogP contribution >= 0.6 is 0 Å². The van der Waals surface area contributed by atoms with E-state index in [1.54, 1.807) is 6.20 Å². The number of allylic oxidation sites excluding steroid dienone is 3. The Morgan fingerprint density at radius 1 is 0.500 bits per heavy atom. The standard InChI is InChI=1S/C59H43N5/c1-39(40-24-26-41(27-25-40)42-28-31-56-50(36-42)47-18-8-11-21-53(47)62(56)45-14-4-2-5-15-45)34-35-61-59(60)64-55-23-13-10-20-49(55)52-38-44(30-33-58(52)64)43-29-32-57-51(37-43)48-19-9-12-22-54(48)63(57)46-16-6-3-7-17-46/h2-10,12-20,22-38H,1,11,21H2,(H2,60,61)/b35-34-. The molecule has 0 aliphatic heterocycles. The maximum absolute atomic E-state index is 6.84. The lowest BCUT2D eigenvalue weighted by molar-refractivity contribution is 0.888. The van der Waals surface area contributed by atoms with Crippen LogP contribution in [0.25, 0.3) is 99.8 Å². The average molecular weight is 822 g/mol. The third-order valence-corrected chi connectivity index (χ3v) is 12.9. The minimum Gasteiger partial charge on any atom is -0.369 e. The molecule has 0 atom stereocenters. The zero-order valence-corrected chi connectivity index (χ0v) is 35.2. The summed E-state index contributed by atoms with van der Waals surface area (Å²) in [6, 6.07) is 67.2. The van der Waals surface area contributed by atoms with Gasteiger partial charge in [-0.3, -0.25) is 4.57 Å². The summed E-state index contributed by atoms with van der Waals surface area (Å²) >= 11 is 0. The van der Waals surface area contributed by atoms with Gasteiger partial charge in [0.1, 0.15) is 0 Å². The van der Waals surface area contributed by atoms with Gasteiger partial charge >= 0.3 is 0 Å². The molecule has 0 amide bonds. The predicted molar refractivity (Wildman–Crippen MR) is 270 cm³/mol. The van der Waals surface area contributed by atoms with E-state index in [1.165, 1.54) is 55.2 Å². The molecular weight excluding hydrogens is 779 g/mol. The Morgan fingerprint density at radius 3 is 1.70 bits per heavy atom. The molecule has 1 aliphatic rings. The predicted octanol–water partition coefficient (Wildman–Crippen LogP) is 14.5. The van der Waals surface area contributed by atoms with Crippen molar-refractivity contribution < 1.29 is 0 Å². The van der Waals surface area contributed by atoms with E-state index in [1.807, 2.05) is 16.7 Å². The normalized spacial score (nSPS) is 13.0. The van der Waals surface area contributed by atoms with E-state index in [0.29, 0.717) is 5.96 Å². The first-order valence-corrected chi connectivity index (χ1v) is 21.9. The third-order valence-electron chi connectivity index (χ3n) is 12.9.